The number of carbonyl (C=O) groups excluding carboxylic acids is 3. The molecule has 252 valence electrons. The highest BCUT2D eigenvalue weighted by atomic mass is 32.2. The van der Waals surface area contributed by atoms with Crippen LogP contribution in [-0.2, 0) is 19.1 Å². The van der Waals surface area contributed by atoms with Gasteiger partial charge in [-0.3, -0.25) is 14.4 Å². The van der Waals surface area contributed by atoms with E-state index in [0.29, 0.717) is 39.0 Å². The minimum Gasteiger partial charge on any atom is -0.462 e. The number of nitrogens with zero attached hydrogens (tertiary/aromatic N) is 1. The number of hydrogen-bond acceptors (Lipinski definition) is 6. The largest absolute Gasteiger partial charge is 0.462 e. The highest BCUT2D eigenvalue weighted by molar-refractivity contribution is 8.12. The molecule has 0 aliphatic rings. The summed E-state index contributed by atoms with van der Waals surface area (Å²) in [4.78, 5) is 39.0. The van der Waals surface area contributed by atoms with Gasteiger partial charge >= 0.3 is 11.9 Å². The van der Waals surface area contributed by atoms with E-state index in [2.05, 4.69) is 26.8 Å². The number of esters is 2. The smallest absolute Gasteiger partial charge is 0.306 e. The molecular formula is C36H67NO5S. The standard InChI is InChI=1S/C36H67NO5S/c1-5-8-11-14-17-20-23-32-41-34(38)28-24-30-37(36(40)43-4)31-25-29-35(39)42-33(26-21-18-15-12-9-6-2)27-22-19-16-13-10-7-3/h20,23,33H,5-19,21-22,24-32H2,1-4H3/b23-20-. The third-order valence-electron chi connectivity index (χ3n) is 7.84. The molecule has 0 aromatic heterocycles. The highest BCUT2D eigenvalue weighted by Gasteiger charge is 2.17. The third-order valence-corrected chi connectivity index (χ3v) is 8.45. The second kappa shape index (κ2) is 31.9. The lowest BCUT2D eigenvalue weighted by Gasteiger charge is -2.22. The molecule has 0 saturated heterocycles. The van der Waals surface area contributed by atoms with Gasteiger partial charge in [0.15, 0.2) is 0 Å². The molecule has 0 saturated carbocycles. The molecule has 0 atom stereocenters. The first-order valence-electron chi connectivity index (χ1n) is 17.8. The van der Waals surface area contributed by atoms with Gasteiger partial charge in [-0.15, -0.1) is 0 Å². The Morgan fingerprint density at radius 2 is 1.12 bits per heavy atom. The molecule has 0 aromatic carbocycles. The summed E-state index contributed by atoms with van der Waals surface area (Å²) >= 11 is 1.16. The maximum absolute atomic E-state index is 12.7. The van der Waals surface area contributed by atoms with Crippen LogP contribution in [0, 0.1) is 0 Å². The summed E-state index contributed by atoms with van der Waals surface area (Å²) < 4.78 is 11.2. The van der Waals surface area contributed by atoms with Gasteiger partial charge in [0.25, 0.3) is 5.24 Å². The lowest BCUT2D eigenvalue weighted by atomic mass is 10.0. The van der Waals surface area contributed by atoms with Gasteiger partial charge in [-0.2, -0.15) is 0 Å². The number of hydrogen-bond donors (Lipinski definition) is 0. The van der Waals surface area contributed by atoms with Crippen LogP contribution in [0.1, 0.15) is 168 Å². The van der Waals surface area contributed by atoms with Crippen LogP contribution in [0.25, 0.3) is 0 Å². The number of carbonyl (C=O) groups is 3. The molecule has 0 fully saturated rings. The van der Waals surface area contributed by atoms with Crippen LogP contribution in [-0.4, -0.2) is 54.1 Å². The van der Waals surface area contributed by atoms with Gasteiger partial charge in [-0.25, -0.2) is 0 Å². The van der Waals surface area contributed by atoms with Crippen molar-refractivity contribution in [3.63, 3.8) is 0 Å². The van der Waals surface area contributed by atoms with Gasteiger partial charge < -0.3 is 14.4 Å². The molecule has 0 bridgehead atoms. The Kier molecular flexibility index (Phi) is 30.8. The molecule has 0 aliphatic heterocycles. The number of amides is 1. The average Bonchev–Trinajstić information content (AvgIpc) is 3.00. The molecular weight excluding hydrogens is 558 g/mol. The SMILES string of the molecule is CCCCCC/C=C\COC(=O)CCCN(CCCC(=O)OC(CCCCCCCC)CCCCCCCC)C(=O)SC. The van der Waals surface area contributed by atoms with E-state index in [1.807, 2.05) is 6.08 Å². The summed E-state index contributed by atoms with van der Waals surface area (Å²) in [5.74, 6) is -0.391. The predicted octanol–water partition coefficient (Wildman–Crippen LogP) is 10.8. The Hall–Kier alpha value is -1.50. The fourth-order valence-electron chi connectivity index (χ4n) is 5.15. The lowest BCUT2D eigenvalue weighted by molar-refractivity contribution is -0.150. The summed E-state index contributed by atoms with van der Waals surface area (Å²) in [5.41, 5.74) is 0. The van der Waals surface area contributed by atoms with E-state index in [9.17, 15) is 14.4 Å². The summed E-state index contributed by atoms with van der Waals surface area (Å²) in [6.45, 7) is 7.95. The van der Waals surface area contributed by atoms with Crippen LogP contribution in [0.5, 0.6) is 0 Å². The van der Waals surface area contributed by atoms with E-state index in [0.717, 1.165) is 43.9 Å². The van der Waals surface area contributed by atoms with Crippen LogP contribution in [0.4, 0.5) is 4.79 Å². The van der Waals surface area contributed by atoms with Gasteiger partial charge in [-0.1, -0.05) is 128 Å². The Labute approximate surface area is 269 Å². The molecule has 0 aromatic rings. The number of allylic oxidation sites excluding steroid dienone is 1. The normalized spacial score (nSPS) is 11.4. The monoisotopic (exact) mass is 625 g/mol. The van der Waals surface area contributed by atoms with Crippen molar-refractivity contribution in [3.05, 3.63) is 12.2 Å². The number of rotatable bonds is 30. The Morgan fingerprint density at radius 3 is 1.65 bits per heavy atom. The van der Waals surface area contributed by atoms with E-state index in [1.165, 1.54) is 89.9 Å². The first-order chi connectivity index (χ1) is 21.0. The van der Waals surface area contributed by atoms with Crippen molar-refractivity contribution in [2.45, 2.75) is 175 Å². The maximum Gasteiger partial charge on any atom is 0.306 e. The van der Waals surface area contributed by atoms with Crippen LogP contribution < -0.4 is 0 Å². The molecule has 0 unspecified atom stereocenters. The zero-order chi connectivity index (χ0) is 31.8. The molecule has 0 aliphatic carbocycles. The minimum absolute atomic E-state index is 0.00991. The molecule has 0 N–H and O–H groups in total. The third kappa shape index (κ3) is 27.8. The van der Waals surface area contributed by atoms with Crippen molar-refractivity contribution in [2.24, 2.45) is 0 Å². The zero-order valence-electron chi connectivity index (χ0n) is 28.5. The average molecular weight is 626 g/mol. The topological polar surface area (TPSA) is 72.9 Å². The fourth-order valence-corrected chi connectivity index (χ4v) is 5.59. The minimum atomic E-state index is -0.238. The van der Waals surface area contributed by atoms with Crippen molar-refractivity contribution in [1.29, 1.82) is 0 Å². The number of unbranched alkanes of at least 4 members (excludes halogenated alkanes) is 14. The van der Waals surface area contributed by atoms with E-state index in [-0.39, 0.29) is 29.7 Å². The second-order valence-corrected chi connectivity index (χ2v) is 12.7. The zero-order valence-corrected chi connectivity index (χ0v) is 29.3. The quantitative estimate of drug-likeness (QED) is 0.0449. The lowest BCUT2D eigenvalue weighted by Crippen LogP contribution is -2.30. The van der Waals surface area contributed by atoms with Crippen LogP contribution >= 0.6 is 11.8 Å². The summed E-state index contributed by atoms with van der Waals surface area (Å²) in [6.07, 6.45) is 30.2. The van der Waals surface area contributed by atoms with E-state index in [1.54, 1.807) is 11.2 Å². The van der Waals surface area contributed by atoms with E-state index < -0.39 is 0 Å². The number of ether oxygens (including phenoxy) is 2. The van der Waals surface area contributed by atoms with Crippen molar-refractivity contribution in [3.8, 4) is 0 Å². The molecule has 1 amide bonds. The molecule has 0 rings (SSSR count). The fraction of sp³-hybridized carbons (Fsp3) is 0.861. The first-order valence-corrected chi connectivity index (χ1v) is 19.0. The van der Waals surface area contributed by atoms with Gasteiger partial charge in [0, 0.05) is 25.9 Å². The Bertz CT molecular complexity index is 683. The van der Waals surface area contributed by atoms with Crippen LogP contribution in [0.15, 0.2) is 12.2 Å². The van der Waals surface area contributed by atoms with Crippen LogP contribution in [0.2, 0.25) is 0 Å². The molecule has 7 heteroatoms. The van der Waals surface area contributed by atoms with Crippen molar-refractivity contribution >= 4 is 28.9 Å². The van der Waals surface area contributed by atoms with Gasteiger partial charge in [0.2, 0.25) is 0 Å². The number of thioether (sulfide) groups is 1. The second-order valence-electron chi connectivity index (χ2n) is 11.9. The summed E-state index contributed by atoms with van der Waals surface area (Å²) in [6, 6.07) is 0. The van der Waals surface area contributed by atoms with Gasteiger partial charge in [0.05, 0.1) is 0 Å². The van der Waals surface area contributed by atoms with Crippen molar-refractivity contribution < 1.29 is 23.9 Å². The molecule has 0 radical (unpaired) electrons. The van der Waals surface area contributed by atoms with Gasteiger partial charge in [0.1, 0.15) is 12.7 Å². The van der Waals surface area contributed by atoms with Crippen molar-refractivity contribution in [2.75, 3.05) is 26.0 Å². The molecule has 43 heavy (non-hydrogen) atoms. The summed E-state index contributed by atoms with van der Waals surface area (Å²) in [7, 11) is 0. The Morgan fingerprint density at radius 1 is 0.628 bits per heavy atom. The molecule has 0 heterocycles. The highest BCUT2D eigenvalue weighted by Crippen LogP contribution is 2.18. The van der Waals surface area contributed by atoms with Crippen LogP contribution in [0.3, 0.4) is 0 Å². The maximum atomic E-state index is 12.7. The summed E-state index contributed by atoms with van der Waals surface area (Å²) in [5, 5.41) is -0.0308. The Balaban J connectivity index is 4.43. The molecule has 0 spiro atoms. The van der Waals surface area contributed by atoms with Crippen molar-refractivity contribution in [1.82, 2.24) is 4.90 Å². The van der Waals surface area contributed by atoms with Gasteiger partial charge in [-0.05, 0) is 57.6 Å². The first kappa shape index (κ1) is 41.5. The predicted molar refractivity (Wildman–Crippen MR) is 184 cm³/mol. The van der Waals surface area contributed by atoms with E-state index >= 15 is 0 Å². The molecule has 6 nitrogen and oxygen atoms in total. The van der Waals surface area contributed by atoms with E-state index in [4.69, 9.17) is 9.47 Å².